The van der Waals surface area contributed by atoms with E-state index in [0.29, 0.717) is 12.6 Å². The van der Waals surface area contributed by atoms with Gasteiger partial charge in [-0.05, 0) is 67.0 Å². The smallest absolute Gasteiger partial charge is 0.330 e. The first-order valence-corrected chi connectivity index (χ1v) is 7.35. The monoisotopic (exact) mass is 359 g/mol. The van der Waals surface area contributed by atoms with Crippen molar-refractivity contribution < 1.29 is 9.53 Å². The lowest BCUT2D eigenvalue weighted by Gasteiger charge is -2.29. The maximum atomic E-state index is 12.2. The number of hydrogen-bond acceptors (Lipinski definition) is 3. The minimum atomic E-state index is -0.735. The Balaban J connectivity index is 2.27. The maximum Gasteiger partial charge on any atom is 0.330 e. The fraction of sp³-hybridized carbons (Fsp3) is 0.500. The summed E-state index contributed by atoms with van der Waals surface area (Å²) in [5.41, 5.74) is 0.231. The van der Waals surface area contributed by atoms with Crippen molar-refractivity contribution in [1.82, 2.24) is 5.32 Å². The Morgan fingerprint density at radius 2 is 2.06 bits per heavy atom. The van der Waals surface area contributed by atoms with E-state index < -0.39 is 5.54 Å². The lowest BCUT2D eigenvalue weighted by molar-refractivity contribution is -0.151. The molecule has 2 rings (SSSR count). The molecule has 1 aromatic rings. The van der Waals surface area contributed by atoms with Crippen LogP contribution in [0.2, 0.25) is 0 Å². The molecular formula is C14H18INO2. The van der Waals surface area contributed by atoms with E-state index in [9.17, 15) is 4.79 Å². The molecule has 0 radical (unpaired) electrons. The molecule has 1 N–H and O–H groups in total. The summed E-state index contributed by atoms with van der Waals surface area (Å²) in [6, 6.07) is 8.46. The van der Waals surface area contributed by atoms with Crippen molar-refractivity contribution in [1.29, 1.82) is 0 Å². The van der Waals surface area contributed by atoms with Crippen molar-refractivity contribution in [3.63, 3.8) is 0 Å². The Morgan fingerprint density at radius 3 is 2.56 bits per heavy atom. The summed E-state index contributed by atoms with van der Waals surface area (Å²) in [6.45, 7) is 4.15. The lowest BCUT2D eigenvalue weighted by atomic mass is 9.92. The SMILES string of the molecule is CCOC(=O)C(C)(NC1CC1)c1ccc(I)cc1. The van der Waals surface area contributed by atoms with Crippen LogP contribution in [0.4, 0.5) is 0 Å². The molecule has 0 heterocycles. The standard InChI is InChI=1S/C14H18INO2/c1-3-18-13(17)14(2,16-12-8-9-12)10-4-6-11(15)7-5-10/h4-7,12,16H,3,8-9H2,1-2H3. The average molecular weight is 359 g/mol. The third-order valence-corrected chi connectivity index (χ3v) is 3.89. The van der Waals surface area contributed by atoms with E-state index in [-0.39, 0.29) is 5.97 Å². The number of rotatable bonds is 5. The topological polar surface area (TPSA) is 38.3 Å². The van der Waals surface area contributed by atoms with Gasteiger partial charge < -0.3 is 4.74 Å². The quantitative estimate of drug-likeness (QED) is 0.649. The first-order valence-electron chi connectivity index (χ1n) is 6.27. The number of nitrogens with one attached hydrogen (secondary N) is 1. The van der Waals surface area contributed by atoms with Gasteiger partial charge in [0.15, 0.2) is 0 Å². The minimum absolute atomic E-state index is 0.196. The van der Waals surface area contributed by atoms with E-state index in [4.69, 9.17) is 4.74 Å². The molecule has 1 atom stereocenters. The van der Waals surface area contributed by atoms with Crippen LogP contribution in [-0.2, 0) is 15.1 Å². The number of halogens is 1. The van der Waals surface area contributed by atoms with Gasteiger partial charge in [-0.2, -0.15) is 0 Å². The van der Waals surface area contributed by atoms with Gasteiger partial charge in [0.25, 0.3) is 0 Å². The first-order chi connectivity index (χ1) is 8.56. The first kappa shape index (κ1) is 13.8. The molecule has 1 saturated carbocycles. The maximum absolute atomic E-state index is 12.2. The van der Waals surface area contributed by atoms with E-state index in [1.54, 1.807) is 0 Å². The molecule has 0 spiro atoms. The molecule has 0 saturated heterocycles. The summed E-state index contributed by atoms with van der Waals surface area (Å²) in [5, 5.41) is 3.41. The van der Waals surface area contributed by atoms with E-state index in [2.05, 4.69) is 27.9 Å². The van der Waals surface area contributed by atoms with Gasteiger partial charge in [-0.15, -0.1) is 0 Å². The summed E-state index contributed by atoms with van der Waals surface area (Å²) in [7, 11) is 0. The third kappa shape index (κ3) is 3.03. The highest BCUT2D eigenvalue weighted by molar-refractivity contribution is 14.1. The molecule has 1 fully saturated rings. The van der Waals surface area contributed by atoms with Gasteiger partial charge in [-0.25, -0.2) is 4.79 Å². The van der Waals surface area contributed by atoms with Crippen LogP contribution < -0.4 is 5.32 Å². The van der Waals surface area contributed by atoms with E-state index in [0.717, 1.165) is 22.0 Å². The molecule has 1 aromatic carbocycles. The second-order valence-electron chi connectivity index (χ2n) is 4.77. The Kier molecular flexibility index (Phi) is 4.27. The number of esters is 1. The van der Waals surface area contributed by atoms with Crippen LogP contribution in [0.15, 0.2) is 24.3 Å². The minimum Gasteiger partial charge on any atom is -0.464 e. The van der Waals surface area contributed by atoms with Crippen molar-refractivity contribution >= 4 is 28.6 Å². The molecule has 4 heteroatoms. The summed E-state index contributed by atoms with van der Waals surface area (Å²) < 4.78 is 6.38. The number of benzene rings is 1. The molecule has 0 aromatic heterocycles. The van der Waals surface area contributed by atoms with Crippen molar-refractivity contribution in [2.45, 2.75) is 38.3 Å². The lowest BCUT2D eigenvalue weighted by Crippen LogP contribution is -2.48. The molecule has 1 aliphatic carbocycles. The molecular weight excluding hydrogens is 341 g/mol. The Labute approximate surface area is 121 Å². The molecule has 0 bridgehead atoms. The molecule has 1 unspecified atom stereocenters. The van der Waals surface area contributed by atoms with Gasteiger partial charge in [-0.1, -0.05) is 12.1 Å². The average Bonchev–Trinajstić information content (AvgIpc) is 3.14. The zero-order chi connectivity index (χ0) is 13.2. The van der Waals surface area contributed by atoms with E-state index in [1.807, 2.05) is 38.1 Å². The second kappa shape index (κ2) is 5.57. The molecule has 0 amide bonds. The normalized spacial score (nSPS) is 18.2. The van der Waals surface area contributed by atoms with Crippen molar-refractivity contribution in [3.05, 3.63) is 33.4 Å². The molecule has 98 valence electrons. The highest BCUT2D eigenvalue weighted by atomic mass is 127. The number of carbonyl (C=O) groups excluding carboxylic acids is 1. The predicted molar refractivity (Wildman–Crippen MR) is 79.3 cm³/mol. The van der Waals surface area contributed by atoms with Crippen LogP contribution in [0, 0.1) is 3.57 Å². The zero-order valence-electron chi connectivity index (χ0n) is 10.7. The molecule has 1 aliphatic rings. The van der Waals surface area contributed by atoms with Crippen LogP contribution in [0.3, 0.4) is 0 Å². The van der Waals surface area contributed by atoms with E-state index >= 15 is 0 Å². The van der Waals surface area contributed by atoms with Crippen molar-refractivity contribution in [2.75, 3.05) is 6.61 Å². The fourth-order valence-corrected chi connectivity index (χ4v) is 2.31. The number of carbonyl (C=O) groups is 1. The van der Waals surface area contributed by atoms with Crippen LogP contribution in [0.5, 0.6) is 0 Å². The summed E-state index contributed by atoms with van der Waals surface area (Å²) >= 11 is 2.26. The predicted octanol–water partition coefficient (Wildman–Crippen LogP) is 2.82. The summed E-state index contributed by atoms with van der Waals surface area (Å²) in [4.78, 5) is 12.2. The van der Waals surface area contributed by atoms with Gasteiger partial charge in [0.1, 0.15) is 5.54 Å². The molecule has 3 nitrogen and oxygen atoms in total. The highest BCUT2D eigenvalue weighted by Crippen LogP contribution is 2.30. The fourth-order valence-electron chi connectivity index (χ4n) is 1.95. The third-order valence-electron chi connectivity index (χ3n) is 3.18. The van der Waals surface area contributed by atoms with Crippen LogP contribution in [-0.4, -0.2) is 18.6 Å². The summed E-state index contributed by atoms with van der Waals surface area (Å²) in [5.74, 6) is -0.196. The molecule has 0 aliphatic heterocycles. The van der Waals surface area contributed by atoms with Gasteiger partial charge >= 0.3 is 5.97 Å². The van der Waals surface area contributed by atoms with Crippen LogP contribution in [0.25, 0.3) is 0 Å². The highest BCUT2D eigenvalue weighted by Gasteiger charge is 2.41. The Morgan fingerprint density at radius 1 is 1.44 bits per heavy atom. The number of hydrogen-bond donors (Lipinski definition) is 1. The van der Waals surface area contributed by atoms with Gasteiger partial charge in [0.05, 0.1) is 6.61 Å². The van der Waals surface area contributed by atoms with Gasteiger partial charge in [-0.3, -0.25) is 5.32 Å². The van der Waals surface area contributed by atoms with Gasteiger partial charge in [0, 0.05) is 9.61 Å². The van der Waals surface area contributed by atoms with Crippen LogP contribution >= 0.6 is 22.6 Å². The summed E-state index contributed by atoms with van der Waals surface area (Å²) in [6.07, 6.45) is 2.28. The zero-order valence-corrected chi connectivity index (χ0v) is 12.9. The van der Waals surface area contributed by atoms with Crippen molar-refractivity contribution in [2.24, 2.45) is 0 Å². The number of ether oxygens (including phenoxy) is 1. The van der Waals surface area contributed by atoms with Crippen molar-refractivity contribution in [3.8, 4) is 0 Å². The second-order valence-corrected chi connectivity index (χ2v) is 6.02. The van der Waals surface area contributed by atoms with Crippen LogP contribution in [0.1, 0.15) is 32.3 Å². The van der Waals surface area contributed by atoms with E-state index in [1.165, 1.54) is 0 Å². The van der Waals surface area contributed by atoms with Gasteiger partial charge in [0.2, 0.25) is 0 Å². The Hall–Kier alpha value is -0.620. The Bertz CT molecular complexity index is 428. The largest absolute Gasteiger partial charge is 0.464 e. The molecule has 18 heavy (non-hydrogen) atoms.